The summed E-state index contributed by atoms with van der Waals surface area (Å²) in [5, 5.41) is 18.4. The van der Waals surface area contributed by atoms with Crippen LogP contribution in [0.2, 0.25) is 0 Å². The van der Waals surface area contributed by atoms with Gasteiger partial charge in [0.1, 0.15) is 5.75 Å². The van der Waals surface area contributed by atoms with Crippen molar-refractivity contribution in [3.05, 3.63) is 29.8 Å². The Labute approximate surface area is 161 Å². The third-order valence-electron chi connectivity index (χ3n) is 3.15. The summed E-state index contributed by atoms with van der Waals surface area (Å²) in [6.45, 7) is 9.04. The molecule has 0 aliphatic carbocycles. The molecule has 4 N–H and O–H groups in total. The highest BCUT2D eigenvalue weighted by Crippen LogP contribution is 2.09. The summed E-state index contributed by atoms with van der Waals surface area (Å²) in [4.78, 5) is 16.4. The van der Waals surface area contributed by atoms with Crippen molar-refractivity contribution in [1.82, 2.24) is 16.0 Å². The lowest BCUT2D eigenvalue weighted by atomic mass is 10.1. The maximum atomic E-state index is 11.9. The van der Waals surface area contributed by atoms with Crippen LogP contribution in [0.3, 0.4) is 0 Å². The number of aromatic hydroxyl groups is 1. The minimum atomic E-state index is -0.159. The smallest absolute Gasteiger partial charge is 0.251 e. The van der Waals surface area contributed by atoms with Crippen molar-refractivity contribution < 1.29 is 9.90 Å². The fourth-order valence-corrected chi connectivity index (χ4v) is 1.85. The molecule has 0 aromatic heterocycles. The molecule has 136 valence electrons. The molecule has 1 amide bonds. The molecule has 24 heavy (non-hydrogen) atoms. The van der Waals surface area contributed by atoms with E-state index in [0.717, 1.165) is 25.5 Å². The van der Waals surface area contributed by atoms with E-state index in [1.54, 1.807) is 12.1 Å². The van der Waals surface area contributed by atoms with Crippen molar-refractivity contribution >= 4 is 35.8 Å². The molecule has 0 aliphatic heterocycles. The molecule has 0 unspecified atom stereocenters. The number of phenolic OH excluding ortho intramolecular Hbond substituents is 1. The third-order valence-corrected chi connectivity index (χ3v) is 3.15. The normalized spacial score (nSPS) is 10.9. The van der Waals surface area contributed by atoms with Crippen LogP contribution in [0, 0.1) is 5.92 Å². The third kappa shape index (κ3) is 9.59. The summed E-state index contributed by atoms with van der Waals surface area (Å²) in [5.74, 6) is 1.39. The Morgan fingerprint density at radius 2 is 1.75 bits per heavy atom. The number of guanidine groups is 1. The summed E-state index contributed by atoms with van der Waals surface area (Å²) in [6, 6.07) is 6.18. The van der Waals surface area contributed by atoms with Crippen LogP contribution in [0.4, 0.5) is 0 Å². The van der Waals surface area contributed by atoms with E-state index in [2.05, 4.69) is 34.8 Å². The molecule has 0 saturated carbocycles. The largest absolute Gasteiger partial charge is 0.508 e. The Morgan fingerprint density at radius 3 is 2.33 bits per heavy atom. The van der Waals surface area contributed by atoms with Crippen molar-refractivity contribution in [1.29, 1.82) is 0 Å². The quantitative estimate of drug-likeness (QED) is 0.213. The molecule has 0 heterocycles. The highest BCUT2D eigenvalue weighted by Gasteiger charge is 2.04. The molecule has 6 nitrogen and oxygen atoms in total. The van der Waals surface area contributed by atoms with E-state index in [0.29, 0.717) is 24.6 Å². The number of amides is 1. The van der Waals surface area contributed by atoms with E-state index in [4.69, 9.17) is 0 Å². The van der Waals surface area contributed by atoms with E-state index in [9.17, 15) is 9.90 Å². The zero-order valence-corrected chi connectivity index (χ0v) is 17.0. The van der Waals surface area contributed by atoms with Gasteiger partial charge in [0.2, 0.25) is 0 Å². The molecule has 0 atom stereocenters. The maximum absolute atomic E-state index is 11.9. The molecule has 0 saturated heterocycles. The number of nitrogens with one attached hydrogen (secondary N) is 3. The van der Waals surface area contributed by atoms with Gasteiger partial charge < -0.3 is 21.1 Å². The first-order chi connectivity index (χ1) is 11.0. The molecule has 0 radical (unpaired) electrons. The first-order valence-electron chi connectivity index (χ1n) is 8.12. The Morgan fingerprint density at radius 1 is 1.12 bits per heavy atom. The number of nitrogens with zero attached hydrogens (tertiary/aromatic N) is 1. The second-order valence-electron chi connectivity index (χ2n) is 5.67. The Hall–Kier alpha value is -1.51. The van der Waals surface area contributed by atoms with Crippen molar-refractivity contribution in [2.24, 2.45) is 10.9 Å². The lowest BCUT2D eigenvalue weighted by molar-refractivity contribution is 0.0954. The van der Waals surface area contributed by atoms with Crippen LogP contribution in [-0.2, 0) is 0 Å². The summed E-state index contributed by atoms with van der Waals surface area (Å²) in [6.07, 6.45) is 1.05. The SMILES string of the molecule is CCNC(=NCCC(C)C)NCCNC(=O)c1ccc(O)cc1.I. The Bertz CT molecular complexity index is 504. The van der Waals surface area contributed by atoms with Crippen molar-refractivity contribution in [2.45, 2.75) is 27.2 Å². The van der Waals surface area contributed by atoms with Gasteiger partial charge in [-0.05, 0) is 43.5 Å². The Kier molecular flexibility index (Phi) is 12.0. The summed E-state index contributed by atoms with van der Waals surface area (Å²) < 4.78 is 0. The minimum absolute atomic E-state index is 0. The molecule has 1 aromatic rings. The summed E-state index contributed by atoms with van der Waals surface area (Å²) in [5.41, 5.74) is 0.528. The lowest BCUT2D eigenvalue weighted by Crippen LogP contribution is -2.41. The van der Waals surface area contributed by atoms with Crippen LogP contribution in [-0.4, -0.2) is 43.2 Å². The van der Waals surface area contributed by atoms with Gasteiger partial charge in [-0.1, -0.05) is 13.8 Å². The molecule has 0 bridgehead atoms. The number of hydrogen-bond acceptors (Lipinski definition) is 3. The predicted molar refractivity (Wildman–Crippen MR) is 109 cm³/mol. The van der Waals surface area contributed by atoms with Crippen LogP contribution in [0.1, 0.15) is 37.6 Å². The fraction of sp³-hybridized carbons (Fsp3) is 0.529. The predicted octanol–water partition coefficient (Wildman–Crippen LogP) is 2.34. The second kappa shape index (κ2) is 12.9. The molecular formula is C17H29IN4O2. The first-order valence-corrected chi connectivity index (χ1v) is 8.12. The summed E-state index contributed by atoms with van der Waals surface area (Å²) >= 11 is 0. The van der Waals surface area contributed by atoms with Gasteiger partial charge in [0.15, 0.2) is 5.96 Å². The topological polar surface area (TPSA) is 85.8 Å². The van der Waals surface area contributed by atoms with E-state index in [-0.39, 0.29) is 35.6 Å². The Balaban J connectivity index is 0.00000529. The van der Waals surface area contributed by atoms with Crippen LogP contribution in [0.15, 0.2) is 29.3 Å². The van der Waals surface area contributed by atoms with Crippen molar-refractivity contribution in [2.75, 3.05) is 26.2 Å². The number of halogens is 1. The summed E-state index contributed by atoms with van der Waals surface area (Å²) in [7, 11) is 0. The van der Waals surface area contributed by atoms with Gasteiger partial charge in [-0.3, -0.25) is 9.79 Å². The molecule has 7 heteroatoms. The highest BCUT2D eigenvalue weighted by atomic mass is 127. The minimum Gasteiger partial charge on any atom is -0.508 e. The van der Waals surface area contributed by atoms with E-state index >= 15 is 0 Å². The number of carbonyl (C=O) groups excluding carboxylic acids is 1. The van der Waals surface area contributed by atoms with Crippen LogP contribution in [0.5, 0.6) is 5.75 Å². The first kappa shape index (κ1) is 22.5. The maximum Gasteiger partial charge on any atom is 0.251 e. The number of rotatable bonds is 8. The van der Waals surface area contributed by atoms with Gasteiger partial charge in [0.05, 0.1) is 0 Å². The zero-order valence-electron chi connectivity index (χ0n) is 14.6. The fourth-order valence-electron chi connectivity index (χ4n) is 1.85. The van der Waals surface area contributed by atoms with E-state index in [1.165, 1.54) is 12.1 Å². The monoisotopic (exact) mass is 448 g/mol. The standard InChI is InChI=1S/C17H28N4O2.HI/c1-4-18-17(20-10-9-13(2)3)21-12-11-19-16(23)14-5-7-15(22)8-6-14;/h5-8,13,22H,4,9-12H2,1-3H3,(H,19,23)(H2,18,20,21);1H. The van der Waals surface area contributed by atoms with Gasteiger partial charge in [0, 0.05) is 31.7 Å². The van der Waals surface area contributed by atoms with E-state index in [1.807, 2.05) is 6.92 Å². The molecule has 1 rings (SSSR count). The van der Waals surface area contributed by atoms with Gasteiger partial charge in [0.25, 0.3) is 5.91 Å². The second-order valence-corrected chi connectivity index (χ2v) is 5.67. The number of carbonyl (C=O) groups is 1. The van der Waals surface area contributed by atoms with Gasteiger partial charge >= 0.3 is 0 Å². The average molecular weight is 448 g/mol. The number of phenols is 1. The molecule has 0 aliphatic rings. The lowest BCUT2D eigenvalue weighted by Gasteiger charge is -2.12. The van der Waals surface area contributed by atoms with Crippen LogP contribution >= 0.6 is 24.0 Å². The van der Waals surface area contributed by atoms with E-state index < -0.39 is 0 Å². The average Bonchev–Trinajstić information content (AvgIpc) is 2.51. The van der Waals surface area contributed by atoms with Gasteiger partial charge in [-0.25, -0.2) is 0 Å². The highest BCUT2D eigenvalue weighted by molar-refractivity contribution is 14.0. The van der Waals surface area contributed by atoms with Crippen LogP contribution < -0.4 is 16.0 Å². The van der Waals surface area contributed by atoms with Crippen LogP contribution in [0.25, 0.3) is 0 Å². The van der Waals surface area contributed by atoms with Crippen molar-refractivity contribution in [3.63, 3.8) is 0 Å². The number of aliphatic imine (C=N–C) groups is 1. The molecule has 0 fully saturated rings. The zero-order chi connectivity index (χ0) is 17.1. The van der Waals surface area contributed by atoms with Crippen molar-refractivity contribution in [3.8, 4) is 5.75 Å². The number of benzene rings is 1. The molecule has 0 spiro atoms. The molecule has 1 aromatic carbocycles. The number of hydrogen-bond donors (Lipinski definition) is 4. The van der Waals surface area contributed by atoms with Gasteiger partial charge in [-0.15, -0.1) is 24.0 Å². The van der Waals surface area contributed by atoms with Gasteiger partial charge in [-0.2, -0.15) is 0 Å². The molecular weight excluding hydrogens is 419 g/mol.